The Balaban J connectivity index is 1.24. The van der Waals surface area contributed by atoms with Crippen molar-refractivity contribution in [3.8, 4) is 11.5 Å². The van der Waals surface area contributed by atoms with Gasteiger partial charge in [0.05, 0.1) is 19.8 Å². The number of alkyl halides is 1. The van der Waals surface area contributed by atoms with E-state index < -0.39 is 68.1 Å². The van der Waals surface area contributed by atoms with Gasteiger partial charge in [-0.3, -0.25) is 18.7 Å². The Kier molecular flexibility index (Phi) is 10.3. The highest BCUT2D eigenvalue weighted by atomic mass is 31.2. The van der Waals surface area contributed by atoms with Gasteiger partial charge in [-0.1, -0.05) is 25.0 Å². The monoisotopic (exact) mass is 689 g/mol. The molecule has 3 N–H and O–H groups in total. The van der Waals surface area contributed by atoms with E-state index in [0.29, 0.717) is 6.42 Å². The Morgan fingerprint density at radius 2 is 2.12 bits per heavy atom. The lowest BCUT2D eigenvalue weighted by molar-refractivity contribution is -0.214. The van der Waals surface area contributed by atoms with E-state index in [1.807, 2.05) is 0 Å². The van der Waals surface area contributed by atoms with Crippen LogP contribution in [0, 0.1) is 5.92 Å². The highest BCUT2D eigenvalue weighted by Crippen LogP contribution is 2.51. The van der Waals surface area contributed by atoms with Gasteiger partial charge in [-0.2, -0.15) is 10.1 Å². The molecule has 0 radical (unpaired) electrons. The molecular formula is C29H33FN7O10P. The van der Waals surface area contributed by atoms with Gasteiger partial charge in [0, 0.05) is 23.1 Å². The van der Waals surface area contributed by atoms with E-state index in [9.17, 15) is 24.1 Å². The molecule has 17 nitrogen and oxygen atoms in total. The number of phenols is 1. The number of nitrogens with zero attached hydrogens (tertiary/aromatic N) is 5. The van der Waals surface area contributed by atoms with Gasteiger partial charge in [-0.25, -0.2) is 13.8 Å². The number of phenolic OH excluding ortho intramolecular Hbond substituents is 1. The molecule has 0 saturated carbocycles. The number of methoxy groups -OCH3 is 1. The van der Waals surface area contributed by atoms with Gasteiger partial charge in [-0.05, 0) is 60.7 Å². The zero-order valence-corrected chi connectivity index (χ0v) is 26.9. The summed E-state index contributed by atoms with van der Waals surface area (Å²) >= 11 is 0. The summed E-state index contributed by atoms with van der Waals surface area (Å²) in [7, 11) is -3.05. The fourth-order valence-electron chi connectivity index (χ4n) is 5.13. The highest BCUT2D eigenvalue weighted by Gasteiger charge is 2.59. The lowest BCUT2D eigenvalue weighted by Gasteiger charge is -2.45. The van der Waals surface area contributed by atoms with Crippen molar-refractivity contribution in [1.82, 2.24) is 14.6 Å². The van der Waals surface area contributed by atoms with Crippen LogP contribution in [-0.4, -0.2) is 64.3 Å². The van der Waals surface area contributed by atoms with E-state index in [1.54, 1.807) is 32.1 Å². The molecule has 1 aliphatic carbocycles. The standard InChI is InChI=1S/C29H33FN7O10P/c1-16(2)29(35-36-31)24(39)26(46-29)34-48(42,47-18-7-5-4-6-8-18)44-15-19-14-20(30)27(45-19)37-12-11-23(33-28(37)41)32-25(40)17-9-10-21(38)22(13-17)43-3/h5,7-13,16,19-20,26-27,38H,4,6,14-15H2,1-3H3,(H,34,42)(H,32,33,40,41)/t19?,20?,26-,27?,29?,48?/m1/s1. The smallest absolute Gasteiger partial charge is 0.461 e. The number of benzene rings is 1. The molecular weight excluding hydrogens is 656 g/mol. The van der Waals surface area contributed by atoms with Crippen LogP contribution in [0.1, 0.15) is 49.7 Å². The molecule has 2 aliphatic heterocycles. The molecule has 6 atom stereocenters. The number of amides is 1. The maximum Gasteiger partial charge on any atom is 0.461 e. The number of Topliss-reactive ketones (excluding diaryl/α,β-unsaturated/α-hetero) is 1. The molecule has 1 aromatic carbocycles. The topological polar surface area (TPSA) is 225 Å². The first-order valence-electron chi connectivity index (χ1n) is 14.8. The minimum Gasteiger partial charge on any atom is -0.504 e. The highest BCUT2D eigenvalue weighted by molar-refractivity contribution is 7.51. The Hall–Kier alpha value is -4.57. The van der Waals surface area contributed by atoms with Crippen LogP contribution in [0.2, 0.25) is 0 Å². The second-order valence-electron chi connectivity index (χ2n) is 11.2. The Bertz CT molecular complexity index is 1800. The van der Waals surface area contributed by atoms with Crippen LogP contribution < -0.4 is 20.8 Å². The van der Waals surface area contributed by atoms with Gasteiger partial charge in [-0.15, -0.1) is 0 Å². The number of hydrogen-bond acceptors (Lipinski definition) is 12. The lowest BCUT2D eigenvalue weighted by Crippen LogP contribution is -2.66. The van der Waals surface area contributed by atoms with E-state index in [4.69, 9.17) is 28.8 Å². The summed E-state index contributed by atoms with van der Waals surface area (Å²) in [6.07, 6.45) is 1.71. The van der Waals surface area contributed by atoms with E-state index in [2.05, 4.69) is 25.4 Å². The third kappa shape index (κ3) is 7.28. The average molecular weight is 690 g/mol. The van der Waals surface area contributed by atoms with Crippen LogP contribution in [0.3, 0.4) is 0 Å². The van der Waals surface area contributed by atoms with E-state index >= 15 is 4.39 Å². The number of azide groups is 1. The second kappa shape index (κ2) is 14.3. The average Bonchev–Trinajstić information content (AvgIpc) is 3.43. The summed E-state index contributed by atoms with van der Waals surface area (Å²) in [5.41, 5.74) is 6.33. The first-order valence-corrected chi connectivity index (χ1v) is 16.4. The maximum atomic E-state index is 15.2. The summed E-state index contributed by atoms with van der Waals surface area (Å²) in [6, 6.07) is 5.19. The number of halogens is 1. The molecule has 2 fully saturated rings. The quantitative estimate of drug-likeness (QED) is 0.115. The summed E-state index contributed by atoms with van der Waals surface area (Å²) in [4.78, 5) is 44.9. The Labute approximate surface area is 272 Å². The molecule has 3 aliphatic rings. The number of carbonyl (C=O) groups is 2. The van der Waals surface area contributed by atoms with Gasteiger partial charge < -0.3 is 29.2 Å². The van der Waals surface area contributed by atoms with Crippen molar-refractivity contribution in [2.45, 2.75) is 63.6 Å². The zero-order valence-electron chi connectivity index (χ0n) is 26.0. The number of ether oxygens (including phenoxy) is 3. The molecule has 48 heavy (non-hydrogen) atoms. The number of nitrogens with one attached hydrogen (secondary N) is 2. The van der Waals surface area contributed by atoms with Gasteiger partial charge in [0.25, 0.3) is 5.91 Å². The van der Waals surface area contributed by atoms with Crippen molar-refractivity contribution in [2.75, 3.05) is 19.0 Å². The van der Waals surface area contributed by atoms with Crippen molar-refractivity contribution >= 4 is 25.3 Å². The van der Waals surface area contributed by atoms with E-state index in [-0.39, 0.29) is 35.1 Å². The number of carbonyl (C=O) groups excluding carboxylic acids is 2. The molecule has 1 aromatic heterocycles. The SMILES string of the molecule is COc1cc(C(=O)Nc2ccn(C3OC(COP(=O)(N[C@@H]4OC(N=[N+]=[N-])(C(C)C)C4=O)OC4=CCCC=C4)CC3F)c(=O)n2)ccc1O. The molecule has 2 aromatic rings. The number of aromatic nitrogens is 2. The molecule has 256 valence electrons. The van der Waals surface area contributed by atoms with Crippen molar-refractivity contribution in [3.05, 3.63) is 80.9 Å². The predicted octanol–water partition coefficient (Wildman–Crippen LogP) is 4.39. The number of aromatic hydroxyl groups is 1. The minimum atomic E-state index is -4.37. The first-order chi connectivity index (χ1) is 22.9. The van der Waals surface area contributed by atoms with Crippen LogP contribution in [0.15, 0.2) is 64.4 Å². The minimum absolute atomic E-state index is 0.0712. The molecule has 0 spiro atoms. The summed E-state index contributed by atoms with van der Waals surface area (Å²) < 4.78 is 57.4. The van der Waals surface area contributed by atoms with Crippen molar-refractivity contribution in [2.24, 2.45) is 11.0 Å². The fraction of sp³-hybridized carbons (Fsp3) is 0.448. The largest absolute Gasteiger partial charge is 0.504 e. The molecule has 5 rings (SSSR count). The van der Waals surface area contributed by atoms with Crippen LogP contribution in [-0.2, 0) is 27.9 Å². The van der Waals surface area contributed by atoms with Crippen molar-refractivity contribution in [1.29, 1.82) is 0 Å². The Morgan fingerprint density at radius 1 is 1.33 bits per heavy atom. The summed E-state index contributed by atoms with van der Waals surface area (Å²) in [5, 5.41) is 18.1. The van der Waals surface area contributed by atoms with Crippen LogP contribution in [0.4, 0.5) is 10.2 Å². The van der Waals surface area contributed by atoms with E-state index in [1.165, 1.54) is 37.6 Å². The summed E-state index contributed by atoms with van der Waals surface area (Å²) in [6.45, 7) is 2.76. The molecule has 0 bridgehead atoms. The number of hydrogen-bond donors (Lipinski definition) is 3. The van der Waals surface area contributed by atoms with Crippen molar-refractivity contribution in [3.63, 3.8) is 0 Å². The first kappa shape index (κ1) is 34.8. The second-order valence-corrected chi connectivity index (χ2v) is 12.9. The third-order valence-electron chi connectivity index (χ3n) is 7.67. The van der Waals surface area contributed by atoms with Gasteiger partial charge in [0.1, 0.15) is 17.7 Å². The lowest BCUT2D eigenvalue weighted by atomic mass is 9.90. The molecule has 5 unspecified atom stereocenters. The molecule has 1 amide bonds. The number of rotatable bonds is 13. The number of allylic oxidation sites excluding steroid dienone is 3. The Morgan fingerprint density at radius 3 is 2.77 bits per heavy atom. The van der Waals surface area contributed by atoms with Gasteiger partial charge in [0.2, 0.25) is 11.5 Å². The van der Waals surface area contributed by atoms with Crippen LogP contribution in [0.25, 0.3) is 10.4 Å². The normalized spacial score (nSPS) is 26.2. The van der Waals surface area contributed by atoms with Crippen LogP contribution in [0.5, 0.6) is 11.5 Å². The molecule has 19 heteroatoms. The fourth-order valence-corrected chi connectivity index (χ4v) is 6.54. The van der Waals surface area contributed by atoms with Gasteiger partial charge in [0.15, 0.2) is 24.0 Å². The van der Waals surface area contributed by atoms with Gasteiger partial charge >= 0.3 is 13.4 Å². The third-order valence-corrected chi connectivity index (χ3v) is 9.16. The van der Waals surface area contributed by atoms with Crippen LogP contribution >= 0.6 is 7.75 Å². The number of ketones is 1. The van der Waals surface area contributed by atoms with Crippen molar-refractivity contribution < 1.29 is 46.9 Å². The number of anilines is 1. The van der Waals surface area contributed by atoms with E-state index in [0.717, 1.165) is 11.0 Å². The zero-order chi connectivity index (χ0) is 34.6. The predicted molar refractivity (Wildman–Crippen MR) is 165 cm³/mol. The molecule has 2 saturated heterocycles. The molecule has 3 heterocycles. The maximum absolute atomic E-state index is 15.2. The summed E-state index contributed by atoms with van der Waals surface area (Å²) in [5.74, 6) is -1.85.